The molecule has 3 aromatic rings. The third-order valence-electron chi connectivity index (χ3n) is 3.89. The second-order valence-corrected chi connectivity index (χ2v) is 6.44. The molecule has 0 spiro atoms. The van der Waals surface area contributed by atoms with E-state index < -0.39 is 0 Å². The lowest BCUT2D eigenvalue weighted by Crippen LogP contribution is -2.13. The lowest BCUT2D eigenvalue weighted by atomic mass is 10.2. The molecule has 3 rings (SSSR count). The number of hydrogen-bond acceptors (Lipinski definition) is 4. The van der Waals surface area contributed by atoms with Gasteiger partial charge >= 0.3 is 0 Å². The molecular formula is C20H19BrN2O2. The van der Waals surface area contributed by atoms with E-state index in [2.05, 4.69) is 31.9 Å². The normalized spacial score (nSPS) is 10.4. The Labute approximate surface area is 156 Å². The van der Waals surface area contributed by atoms with Crippen LogP contribution in [0, 0.1) is 6.92 Å². The average molecular weight is 399 g/mol. The third kappa shape index (κ3) is 3.77. The van der Waals surface area contributed by atoms with E-state index in [4.69, 9.17) is 9.47 Å². The highest BCUT2D eigenvalue weighted by molar-refractivity contribution is 9.10. The molecule has 1 heterocycles. The number of pyridine rings is 1. The molecule has 0 aliphatic rings. The largest absolute Gasteiger partial charge is 0.497 e. The van der Waals surface area contributed by atoms with Gasteiger partial charge in [-0.1, -0.05) is 0 Å². The minimum Gasteiger partial charge on any atom is -0.497 e. The van der Waals surface area contributed by atoms with Crippen molar-refractivity contribution in [2.75, 3.05) is 19.1 Å². The molecule has 1 aromatic heterocycles. The predicted octanol–water partition coefficient (Wildman–Crippen LogP) is 5.64. The van der Waals surface area contributed by atoms with Crippen LogP contribution >= 0.6 is 15.9 Å². The van der Waals surface area contributed by atoms with E-state index in [0.29, 0.717) is 0 Å². The highest BCUT2D eigenvalue weighted by atomic mass is 79.9. The number of rotatable bonds is 5. The molecule has 0 aliphatic carbocycles. The summed E-state index contributed by atoms with van der Waals surface area (Å²) in [6.07, 6.45) is 1.81. The van der Waals surface area contributed by atoms with Gasteiger partial charge in [-0.2, -0.15) is 0 Å². The van der Waals surface area contributed by atoms with Crippen LogP contribution in [0.2, 0.25) is 0 Å². The van der Waals surface area contributed by atoms with E-state index >= 15 is 0 Å². The van der Waals surface area contributed by atoms with E-state index in [9.17, 15) is 0 Å². The molecule has 4 nitrogen and oxygen atoms in total. The van der Waals surface area contributed by atoms with Crippen LogP contribution in [-0.4, -0.2) is 19.2 Å². The third-order valence-corrected chi connectivity index (χ3v) is 4.32. The van der Waals surface area contributed by atoms with Gasteiger partial charge in [0.2, 0.25) is 0 Å². The Morgan fingerprint density at radius 2 is 1.32 bits per heavy atom. The zero-order valence-corrected chi connectivity index (χ0v) is 15.9. The number of halogens is 1. The molecule has 0 saturated heterocycles. The van der Waals surface area contributed by atoms with Crippen molar-refractivity contribution < 1.29 is 9.47 Å². The molecule has 25 heavy (non-hydrogen) atoms. The molecule has 0 unspecified atom stereocenters. The van der Waals surface area contributed by atoms with Gasteiger partial charge in [-0.15, -0.1) is 0 Å². The summed E-state index contributed by atoms with van der Waals surface area (Å²) in [7, 11) is 3.33. The van der Waals surface area contributed by atoms with E-state index in [-0.39, 0.29) is 0 Å². The maximum absolute atomic E-state index is 5.27. The Balaban J connectivity index is 2.12. The molecule has 2 aromatic carbocycles. The molecule has 0 radical (unpaired) electrons. The number of ether oxygens (including phenoxy) is 2. The fourth-order valence-corrected chi connectivity index (χ4v) is 3.07. The van der Waals surface area contributed by atoms with Gasteiger partial charge in [-0.05, 0) is 83.0 Å². The zero-order chi connectivity index (χ0) is 17.8. The first-order valence-corrected chi connectivity index (χ1v) is 8.62. The Hall–Kier alpha value is -2.53. The van der Waals surface area contributed by atoms with Crippen molar-refractivity contribution in [3.05, 3.63) is 70.8 Å². The zero-order valence-electron chi connectivity index (χ0n) is 14.4. The van der Waals surface area contributed by atoms with Gasteiger partial charge in [-0.25, -0.2) is 4.98 Å². The molecular weight excluding hydrogens is 380 g/mol. The molecule has 0 fully saturated rings. The van der Waals surface area contributed by atoms with Gasteiger partial charge in [0.05, 0.1) is 14.2 Å². The van der Waals surface area contributed by atoms with Gasteiger partial charge in [0, 0.05) is 22.0 Å². The van der Waals surface area contributed by atoms with Gasteiger partial charge in [-0.3, -0.25) is 4.90 Å². The summed E-state index contributed by atoms with van der Waals surface area (Å²) < 4.78 is 11.5. The van der Waals surface area contributed by atoms with Gasteiger partial charge in [0.15, 0.2) is 0 Å². The molecule has 0 saturated carbocycles. The quantitative estimate of drug-likeness (QED) is 0.556. The number of benzene rings is 2. The van der Waals surface area contributed by atoms with Crippen molar-refractivity contribution in [2.45, 2.75) is 6.92 Å². The lowest BCUT2D eigenvalue weighted by molar-refractivity contribution is 0.415. The number of anilines is 3. The van der Waals surface area contributed by atoms with Crippen molar-refractivity contribution in [1.82, 2.24) is 4.98 Å². The van der Waals surface area contributed by atoms with Crippen LogP contribution in [0.5, 0.6) is 11.5 Å². The highest BCUT2D eigenvalue weighted by Gasteiger charge is 2.16. The van der Waals surface area contributed by atoms with Gasteiger partial charge < -0.3 is 9.47 Å². The minimum absolute atomic E-state index is 0.818. The summed E-state index contributed by atoms with van der Waals surface area (Å²) in [4.78, 5) is 6.74. The Morgan fingerprint density at radius 1 is 0.840 bits per heavy atom. The fraction of sp³-hybridized carbons (Fsp3) is 0.150. The lowest BCUT2D eigenvalue weighted by Gasteiger charge is -2.26. The minimum atomic E-state index is 0.818. The van der Waals surface area contributed by atoms with Crippen molar-refractivity contribution in [3.8, 4) is 11.5 Å². The summed E-state index contributed by atoms with van der Waals surface area (Å²) in [6.45, 7) is 2.05. The summed E-state index contributed by atoms with van der Waals surface area (Å²) in [5.41, 5.74) is 3.08. The van der Waals surface area contributed by atoms with Crippen molar-refractivity contribution >= 4 is 33.1 Å². The molecule has 0 amide bonds. The van der Waals surface area contributed by atoms with Crippen molar-refractivity contribution in [2.24, 2.45) is 0 Å². The monoisotopic (exact) mass is 398 g/mol. The van der Waals surface area contributed by atoms with Crippen molar-refractivity contribution in [3.63, 3.8) is 0 Å². The first-order valence-electron chi connectivity index (χ1n) is 7.83. The predicted molar refractivity (Wildman–Crippen MR) is 104 cm³/mol. The maximum atomic E-state index is 5.27. The Kier molecular flexibility index (Phi) is 5.24. The highest BCUT2D eigenvalue weighted by Crippen LogP contribution is 2.37. The summed E-state index contributed by atoms with van der Waals surface area (Å²) in [6, 6.07) is 17.9. The molecule has 0 N–H and O–H groups in total. The molecule has 0 atom stereocenters. The van der Waals surface area contributed by atoms with Crippen LogP contribution in [0.3, 0.4) is 0 Å². The molecule has 128 valence electrons. The number of methoxy groups -OCH3 is 2. The van der Waals surface area contributed by atoms with Gasteiger partial charge in [0.1, 0.15) is 17.3 Å². The number of hydrogen-bond donors (Lipinski definition) is 0. The Morgan fingerprint density at radius 3 is 1.72 bits per heavy atom. The first-order chi connectivity index (χ1) is 12.1. The van der Waals surface area contributed by atoms with E-state index in [1.54, 1.807) is 14.2 Å². The van der Waals surface area contributed by atoms with E-state index in [1.807, 2.05) is 61.7 Å². The van der Waals surface area contributed by atoms with Crippen LogP contribution in [-0.2, 0) is 0 Å². The maximum Gasteiger partial charge on any atom is 0.140 e. The molecule has 0 bridgehead atoms. The van der Waals surface area contributed by atoms with Crippen LogP contribution in [0.25, 0.3) is 0 Å². The van der Waals surface area contributed by atoms with Crippen LogP contribution in [0.15, 0.2) is 65.3 Å². The summed E-state index contributed by atoms with van der Waals surface area (Å²) in [5, 5.41) is 0. The average Bonchev–Trinajstić information content (AvgIpc) is 2.65. The number of aryl methyl sites for hydroxylation is 1. The van der Waals surface area contributed by atoms with Crippen LogP contribution < -0.4 is 14.4 Å². The standard InChI is InChI=1S/C20H19BrN2O2/c1-14-12-15(21)13-22-20(14)23(16-4-8-18(24-2)9-5-16)17-6-10-19(25-3)11-7-17/h4-13H,1-3H3. The fourth-order valence-electron chi connectivity index (χ4n) is 2.62. The van der Waals surface area contributed by atoms with Gasteiger partial charge in [0.25, 0.3) is 0 Å². The molecule has 5 heteroatoms. The second-order valence-electron chi connectivity index (χ2n) is 5.53. The first kappa shape index (κ1) is 17.3. The van der Waals surface area contributed by atoms with Crippen molar-refractivity contribution in [1.29, 1.82) is 0 Å². The van der Waals surface area contributed by atoms with E-state index in [1.165, 1.54) is 0 Å². The summed E-state index contributed by atoms with van der Waals surface area (Å²) in [5.74, 6) is 2.51. The SMILES string of the molecule is COc1ccc(N(c2ccc(OC)cc2)c2ncc(Br)cc2C)cc1. The second kappa shape index (κ2) is 7.57. The molecule has 0 aliphatic heterocycles. The number of aromatic nitrogens is 1. The smallest absolute Gasteiger partial charge is 0.140 e. The summed E-state index contributed by atoms with van der Waals surface area (Å²) >= 11 is 3.48. The van der Waals surface area contributed by atoms with Crippen LogP contribution in [0.1, 0.15) is 5.56 Å². The van der Waals surface area contributed by atoms with Crippen LogP contribution in [0.4, 0.5) is 17.2 Å². The topological polar surface area (TPSA) is 34.6 Å². The number of nitrogens with zero attached hydrogens (tertiary/aromatic N) is 2. The Bertz CT molecular complexity index is 801. The van der Waals surface area contributed by atoms with E-state index in [0.717, 1.165) is 38.7 Å².